The van der Waals surface area contributed by atoms with Crippen molar-refractivity contribution in [3.63, 3.8) is 0 Å². The summed E-state index contributed by atoms with van der Waals surface area (Å²) in [6.45, 7) is 3.58. The zero-order valence-corrected chi connectivity index (χ0v) is 19.7. The molecule has 0 saturated heterocycles. The molecular weight excluding hydrogens is 456 g/mol. The van der Waals surface area contributed by atoms with Crippen LogP contribution in [0.25, 0.3) is 11.3 Å². The molecule has 0 spiro atoms. The predicted molar refractivity (Wildman–Crippen MR) is 128 cm³/mol. The molecule has 9 heteroatoms. The Morgan fingerprint density at radius 1 is 1.15 bits per heavy atom. The molecule has 0 atom stereocenters. The van der Waals surface area contributed by atoms with Crippen molar-refractivity contribution in [3.05, 3.63) is 64.0 Å². The minimum absolute atomic E-state index is 0.142. The maximum atomic E-state index is 12.5. The first-order chi connectivity index (χ1) is 16.0. The van der Waals surface area contributed by atoms with Gasteiger partial charge >= 0.3 is 5.97 Å². The number of benzene rings is 1. The molecule has 1 N–H and O–H groups in total. The van der Waals surface area contributed by atoms with Crippen molar-refractivity contribution in [1.82, 2.24) is 4.98 Å². The minimum Gasteiger partial charge on any atom is -0.462 e. The Bertz CT molecular complexity index is 1260. The van der Waals surface area contributed by atoms with Gasteiger partial charge in [0.25, 0.3) is 0 Å². The summed E-state index contributed by atoms with van der Waals surface area (Å²) >= 11 is 2.35. The second-order valence-electron chi connectivity index (χ2n) is 6.77. The topological polar surface area (TPSA) is 116 Å². The van der Waals surface area contributed by atoms with Crippen molar-refractivity contribution >= 4 is 40.0 Å². The molecule has 0 unspecified atom stereocenters. The fraction of sp³-hybridized carbons (Fsp3) is 0.208. The zero-order chi connectivity index (χ0) is 23.8. The maximum Gasteiger partial charge on any atom is 0.348 e. The molecular formula is C24H20N4O3S2. The number of pyridine rings is 1. The minimum atomic E-state index is -0.513. The van der Waals surface area contributed by atoms with Crippen LogP contribution in [-0.4, -0.2) is 29.2 Å². The number of thiophene rings is 1. The van der Waals surface area contributed by atoms with Crippen LogP contribution in [0.3, 0.4) is 0 Å². The standard InChI is InChI=1S/C24H20N4O3S2/c1-3-31-24(30)21-15(2)18(14-26)23(33-21)28-20(29)11-12-32-22-17(13-25)9-10-19(27-22)16-7-5-4-6-8-16/h4-10H,3,11-12H2,1-2H3,(H,28,29). The molecule has 166 valence electrons. The molecule has 2 aromatic heterocycles. The van der Waals surface area contributed by atoms with Gasteiger partial charge in [-0.25, -0.2) is 9.78 Å². The summed E-state index contributed by atoms with van der Waals surface area (Å²) < 4.78 is 5.02. The maximum absolute atomic E-state index is 12.5. The fourth-order valence-electron chi connectivity index (χ4n) is 2.96. The van der Waals surface area contributed by atoms with Gasteiger partial charge in [-0.05, 0) is 31.5 Å². The van der Waals surface area contributed by atoms with Crippen LogP contribution < -0.4 is 5.32 Å². The lowest BCUT2D eigenvalue weighted by Crippen LogP contribution is -2.12. The fourth-order valence-corrected chi connectivity index (χ4v) is 4.94. The number of rotatable bonds is 8. The average molecular weight is 477 g/mol. The Balaban J connectivity index is 1.67. The number of carbonyl (C=O) groups is 2. The van der Waals surface area contributed by atoms with Crippen LogP contribution in [0.5, 0.6) is 0 Å². The molecule has 0 saturated carbocycles. The summed E-state index contributed by atoms with van der Waals surface area (Å²) in [5.74, 6) is -0.419. The van der Waals surface area contributed by atoms with Gasteiger partial charge in [0.2, 0.25) is 5.91 Å². The van der Waals surface area contributed by atoms with E-state index in [0.29, 0.717) is 31.8 Å². The van der Waals surface area contributed by atoms with E-state index < -0.39 is 5.97 Å². The Hall–Kier alpha value is -3.66. The molecule has 0 radical (unpaired) electrons. The van der Waals surface area contributed by atoms with E-state index in [2.05, 4.69) is 16.4 Å². The van der Waals surface area contributed by atoms with Gasteiger partial charge in [-0.3, -0.25) is 4.79 Å². The number of ether oxygens (including phenoxy) is 1. The van der Waals surface area contributed by atoms with Gasteiger partial charge in [0.05, 0.1) is 23.4 Å². The van der Waals surface area contributed by atoms with E-state index >= 15 is 0 Å². The number of aromatic nitrogens is 1. The highest BCUT2D eigenvalue weighted by atomic mass is 32.2. The highest BCUT2D eigenvalue weighted by molar-refractivity contribution is 7.99. The van der Waals surface area contributed by atoms with Gasteiger partial charge in [-0.1, -0.05) is 30.3 Å². The van der Waals surface area contributed by atoms with Crippen LogP contribution in [-0.2, 0) is 9.53 Å². The molecule has 33 heavy (non-hydrogen) atoms. The third kappa shape index (κ3) is 5.78. The number of nitrogens with zero attached hydrogens (tertiary/aromatic N) is 3. The number of nitriles is 2. The number of nitrogens with one attached hydrogen (secondary N) is 1. The van der Waals surface area contributed by atoms with Crippen molar-refractivity contribution in [2.24, 2.45) is 0 Å². The smallest absolute Gasteiger partial charge is 0.348 e. The van der Waals surface area contributed by atoms with Crippen molar-refractivity contribution in [3.8, 4) is 23.4 Å². The number of hydrogen-bond donors (Lipinski definition) is 1. The third-order valence-electron chi connectivity index (χ3n) is 4.59. The van der Waals surface area contributed by atoms with E-state index in [1.807, 2.05) is 36.4 Å². The third-order valence-corrected chi connectivity index (χ3v) is 6.77. The lowest BCUT2D eigenvalue weighted by molar-refractivity contribution is -0.115. The van der Waals surface area contributed by atoms with Crippen molar-refractivity contribution in [1.29, 1.82) is 10.5 Å². The predicted octanol–water partition coefficient (Wildman–Crippen LogP) is 5.16. The second-order valence-corrected chi connectivity index (χ2v) is 8.87. The number of amides is 1. The van der Waals surface area contributed by atoms with Crippen LogP contribution in [0.2, 0.25) is 0 Å². The number of hydrogen-bond acceptors (Lipinski definition) is 8. The summed E-state index contributed by atoms with van der Waals surface area (Å²) in [7, 11) is 0. The van der Waals surface area contributed by atoms with E-state index in [-0.39, 0.29) is 24.5 Å². The van der Waals surface area contributed by atoms with Gasteiger partial charge in [0, 0.05) is 17.7 Å². The summed E-state index contributed by atoms with van der Waals surface area (Å²) in [5.41, 5.74) is 2.89. The molecule has 3 rings (SSSR count). The summed E-state index contributed by atoms with van der Waals surface area (Å²) in [6.07, 6.45) is 0.142. The van der Waals surface area contributed by atoms with Gasteiger partial charge in [-0.15, -0.1) is 23.1 Å². The number of esters is 1. The molecule has 1 aromatic carbocycles. The molecule has 3 aromatic rings. The average Bonchev–Trinajstić information content (AvgIpc) is 3.14. The molecule has 7 nitrogen and oxygen atoms in total. The Morgan fingerprint density at radius 2 is 1.91 bits per heavy atom. The van der Waals surface area contributed by atoms with Gasteiger partial charge in [0.1, 0.15) is 27.0 Å². The van der Waals surface area contributed by atoms with Gasteiger partial charge in [-0.2, -0.15) is 10.5 Å². The van der Waals surface area contributed by atoms with Crippen LogP contribution >= 0.6 is 23.1 Å². The Labute approximate surface area is 200 Å². The van der Waals surface area contributed by atoms with Crippen LogP contribution in [0.4, 0.5) is 5.00 Å². The first-order valence-corrected chi connectivity index (χ1v) is 11.9. The van der Waals surface area contributed by atoms with E-state index in [1.165, 1.54) is 11.8 Å². The normalized spacial score (nSPS) is 10.2. The summed E-state index contributed by atoms with van der Waals surface area (Å²) in [4.78, 5) is 29.5. The number of thioether (sulfide) groups is 1. The lowest BCUT2D eigenvalue weighted by Gasteiger charge is -2.07. The van der Waals surface area contributed by atoms with E-state index in [9.17, 15) is 20.1 Å². The molecule has 2 heterocycles. The monoisotopic (exact) mass is 476 g/mol. The van der Waals surface area contributed by atoms with E-state index in [4.69, 9.17) is 4.74 Å². The van der Waals surface area contributed by atoms with Crippen LogP contribution in [0.15, 0.2) is 47.5 Å². The van der Waals surface area contributed by atoms with E-state index in [0.717, 1.165) is 22.6 Å². The highest BCUT2D eigenvalue weighted by Gasteiger charge is 2.22. The summed E-state index contributed by atoms with van der Waals surface area (Å²) in [6, 6.07) is 17.3. The SMILES string of the molecule is CCOC(=O)c1sc(NC(=O)CCSc2nc(-c3ccccc3)ccc2C#N)c(C#N)c1C. The van der Waals surface area contributed by atoms with Crippen molar-refractivity contribution < 1.29 is 14.3 Å². The van der Waals surface area contributed by atoms with E-state index in [1.54, 1.807) is 26.0 Å². The largest absolute Gasteiger partial charge is 0.462 e. The molecule has 0 fully saturated rings. The molecule has 0 aliphatic carbocycles. The Morgan fingerprint density at radius 3 is 2.58 bits per heavy atom. The van der Waals surface area contributed by atoms with Gasteiger partial charge in [0.15, 0.2) is 0 Å². The zero-order valence-electron chi connectivity index (χ0n) is 18.0. The van der Waals surface area contributed by atoms with Crippen molar-refractivity contribution in [2.45, 2.75) is 25.3 Å². The lowest BCUT2D eigenvalue weighted by atomic mass is 10.1. The van der Waals surface area contributed by atoms with Crippen molar-refractivity contribution in [2.75, 3.05) is 17.7 Å². The second kappa shape index (κ2) is 11.3. The van der Waals surface area contributed by atoms with Crippen LogP contribution in [0.1, 0.15) is 39.7 Å². The molecule has 0 bridgehead atoms. The first kappa shape index (κ1) is 24.0. The number of anilines is 1. The first-order valence-electron chi connectivity index (χ1n) is 10.1. The number of carbonyl (C=O) groups excluding carboxylic acids is 2. The molecule has 0 aliphatic rings. The molecule has 0 aliphatic heterocycles. The van der Waals surface area contributed by atoms with Gasteiger partial charge < -0.3 is 10.1 Å². The quantitative estimate of drug-likeness (QED) is 0.353. The Kier molecular flexibility index (Phi) is 8.20. The molecule has 1 amide bonds. The van der Waals surface area contributed by atoms with Crippen LogP contribution in [0, 0.1) is 29.6 Å². The summed E-state index contributed by atoms with van der Waals surface area (Å²) in [5, 5.41) is 22.5. The highest BCUT2D eigenvalue weighted by Crippen LogP contribution is 2.33.